The van der Waals surface area contributed by atoms with Crippen LogP contribution in [0.4, 0.5) is 0 Å². The van der Waals surface area contributed by atoms with Crippen LogP contribution in [0.2, 0.25) is 0 Å². The summed E-state index contributed by atoms with van der Waals surface area (Å²) >= 11 is 0. The summed E-state index contributed by atoms with van der Waals surface area (Å²) in [6.45, 7) is 6.02. The lowest BCUT2D eigenvalue weighted by molar-refractivity contribution is 0.0519. The molecule has 3 rings (SSSR count). The van der Waals surface area contributed by atoms with E-state index in [1.165, 1.54) is 11.1 Å². The Balaban J connectivity index is 2.07. The van der Waals surface area contributed by atoms with Crippen molar-refractivity contribution in [2.75, 3.05) is 6.61 Å². The third-order valence-electron chi connectivity index (χ3n) is 4.45. The van der Waals surface area contributed by atoms with Gasteiger partial charge in [-0.15, -0.1) is 11.7 Å². The fraction of sp³-hybridized carbons (Fsp3) is 0.389. The van der Waals surface area contributed by atoms with Gasteiger partial charge in [-0.1, -0.05) is 35.6 Å². The monoisotopic (exact) mass is 311 g/mol. The van der Waals surface area contributed by atoms with Crippen molar-refractivity contribution in [2.24, 2.45) is 0 Å². The molecule has 0 saturated heterocycles. The molecule has 0 bridgehead atoms. The minimum absolute atomic E-state index is 0.248. The predicted octanol–water partition coefficient (Wildman–Crippen LogP) is 3.11. The summed E-state index contributed by atoms with van der Waals surface area (Å²) in [6.07, 6.45) is 7.43. The lowest BCUT2D eigenvalue weighted by Gasteiger charge is -2.38. The van der Waals surface area contributed by atoms with Crippen molar-refractivity contribution in [1.82, 2.24) is 15.0 Å². The van der Waals surface area contributed by atoms with Gasteiger partial charge in [-0.2, -0.15) is 0 Å². The predicted molar refractivity (Wildman–Crippen MR) is 87.2 cm³/mol. The molecule has 1 aromatic carbocycles. The third-order valence-corrected chi connectivity index (χ3v) is 4.45. The van der Waals surface area contributed by atoms with Crippen LogP contribution in [0.5, 0.6) is 0 Å². The van der Waals surface area contributed by atoms with Crippen molar-refractivity contribution in [3.05, 3.63) is 59.9 Å². The molecule has 0 saturated carbocycles. The molecule has 0 N–H and O–H groups in total. The standard InChI is InChI=1S/C18H21N3O2/c1-3-11-18(12-7-9-14-8-5-6-10-15(14)18)21-13-16(19-20-21)17(22)23-4-2/h3,5-6,8,10,13H,1,4,7,9,11-12H2,2H3. The minimum atomic E-state index is -0.434. The van der Waals surface area contributed by atoms with E-state index in [9.17, 15) is 4.79 Å². The zero-order valence-corrected chi connectivity index (χ0v) is 13.4. The van der Waals surface area contributed by atoms with E-state index < -0.39 is 5.97 Å². The Morgan fingerprint density at radius 1 is 1.48 bits per heavy atom. The van der Waals surface area contributed by atoms with Crippen molar-refractivity contribution in [1.29, 1.82) is 0 Å². The number of allylic oxidation sites excluding steroid dienone is 1. The fourth-order valence-corrected chi connectivity index (χ4v) is 3.45. The number of esters is 1. The summed E-state index contributed by atoms with van der Waals surface area (Å²) in [5.74, 6) is -0.434. The number of hydrogen-bond donors (Lipinski definition) is 0. The first kappa shape index (κ1) is 15.5. The first-order valence-corrected chi connectivity index (χ1v) is 8.00. The van der Waals surface area contributed by atoms with Gasteiger partial charge in [-0.3, -0.25) is 0 Å². The topological polar surface area (TPSA) is 57.0 Å². The number of nitrogens with zero attached hydrogens (tertiary/aromatic N) is 3. The lowest BCUT2D eigenvalue weighted by Crippen LogP contribution is -2.38. The number of carbonyl (C=O) groups is 1. The van der Waals surface area contributed by atoms with Crippen molar-refractivity contribution >= 4 is 5.97 Å². The Hall–Kier alpha value is -2.43. The van der Waals surface area contributed by atoms with E-state index in [-0.39, 0.29) is 11.2 Å². The normalized spacial score (nSPS) is 19.9. The third kappa shape index (κ3) is 2.67. The molecule has 120 valence electrons. The quantitative estimate of drug-likeness (QED) is 0.629. The number of aromatic nitrogens is 3. The Bertz CT molecular complexity index is 723. The van der Waals surface area contributed by atoms with E-state index in [2.05, 4.69) is 35.1 Å². The van der Waals surface area contributed by atoms with Crippen LogP contribution in [-0.2, 0) is 16.7 Å². The Morgan fingerprint density at radius 3 is 3.09 bits per heavy atom. The van der Waals surface area contributed by atoms with Gasteiger partial charge in [0.15, 0.2) is 5.69 Å². The zero-order chi connectivity index (χ0) is 16.3. The molecule has 0 radical (unpaired) electrons. The number of hydrogen-bond acceptors (Lipinski definition) is 4. The van der Waals surface area contributed by atoms with E-state index in [0.717, 1.165) is 25.7 Å². The molecule has 5 heteroatoms. The SMILES string of the molecule is C=CCC1(n2cc(C(=O)OCC)nn2)CCCc2ccccc21. The van der Waals surface area contributed by atoms with Crippen LogP contribution in [0, 0.1) is 0 Å². The maximum atomic E-state index is 11.9. The molecule has 1 aliphatic rings. The molecule has 1 heterocycles. The van der Waals surface area contributed by atoms with Gasteiger partial charge in [0.1, 0.15) is 0 Å². The first-order valence-electron chi connectivity index (χ1n) is 8.00. The summed E-state index contributed by atoms with van der Waals surface area (Å²) in [6, 6.07) is 8.42. The van der Waals surface area contributed by atoms with Gasteiger partial charge < -0.3 is 4.74 Å². The van der Waals surface area contributed by atoms with E-state index in [4.69, 9.17) is 4.74 Å². The summed E-state index contributed by atoms with van der Waals surface area (Å²) in [4.78, 5) is 11.9. The highest BCUT2D eigenvalue weighted by molar-refractivity contribution is 5.86. The lowest BCUT2D eigenvalue weighted by atomic mass is 9.74. The maximum Gasteiger partial charge on any atom is 0.360 e. The van der Waals surface area contributed by atoms with Crippen molar-refractivity contribution in [2.45, 2.75) is 38.1 Å². The Morgan fingerprint density at radius 2 is 2.30 bits per heavy atom. The highest BCUT2D eigenvalue weighted by Crippen LogP contribution is 2.41. The highest BCUT2D eigenvalue weighted by atomic mass is 16.5. The van der Waals surface area contributed by atoms with Crippen LogP contribution in [0.25, 0.3) is 0 Å². The van der Waals surface area contributed by atoms with Gasteiger partial charge in [0, 0.05) is 0 Å². The van der Waals surface area contributed by atoms with Gasteiger partial charge in [0.2, 0.25) is 0 Å². The molecule has 0 aliphatic heterocycles. The average Bonchev–Trinajstić information content (AvgIpc) is 3.06. The van der Waals surface area contributed by atoms with Crippen LogP contribution >= 0.6 is 0 Å². The van der Waals surface area contributed by atoms with Gasteiger partial charge in [0.25, 0.3) is 0 Å². The molecule has 0 amide bonds. The van der Waals surface area contributed by atoms with Gasteiger partial charge in [0.05, 0.1) is 18.3 Å². The largest absolute Gasteiger partial charge is 0.461 e. The molecule has 23 heavy (non-hydrogen) atoms. The van der Waals surface area contributed by atoms with Gasteiger partial charge in [-0.25, -0.2) is 9.48 Å². The molecule has 1 unspecified atom stereocenters. The van der Waals surface area contributed by atoms with E-state index in [1.807, 2.05) is 16.8 Å². The second-order valence-electron chi connectivity index (χ2n) is 5.80. The second kappa shape index (κ2) is 6.36. The molecule has 1 aromatic heterocycles. The molecule has 1 atom stereocenters. The number of benzene rings is 1. The summed E-state index contributed by atoms with van der Waals surface area (Å²) < 4.78 is 6.83. The summed E-state index contributed by atoms with van der Waals surface area (Å²) in [7, 11) is 0. The van der Waals surface area contributed by atoms with E-state index >= 15 is 0 Å². The number of ether oxygens (including phenoxy) is 1. The summed E-state index contributed by atoms with van der Waals surface area (Å²) in [5.41, 5.74) is 2.49. The fourth-order valence-electron chi connectivity index (χ4n) is 3.45. The molecule has 1 aliphatic carbocycles. The van der Waals surface area contributed by atoms with Crippen molar-refractivity contribution in [3.63, 3.8) is 0 Å². The highest BCUT2D eigenvalue weighted by Gasteiger charge is 2.38. The number of fused-ring (bicyclic) bond motifs is 1. The van der Waals surface area contributed by atoms with Crippen LogP contribution in [0.1, 0.15) is 47.8 Å². The van der Waals surface area contributed by atoms with E-state index in [0.29, 0.717) is 6.61 Å². The smallest absolute Gasteiger partial charge is 0.360 e. The molecular weight excluding hydrogens is 290 g/mol. The zero-order valence-electron chi connectivity index (χ0n) is 13.4. The molecule has 0 spiro atoms. The molecule has 0 fully saturated rings. The average molecular weight is 311 g/mol. The Labute approximate surface area is 136 Å². The first-order chi connectivity index (χ1) is 11.2. The molecular formula is C18H21N3O2. The summed E-state index contributed by atoms with van der Waals surface area (Å²) in [5, 5.41) is 8.27. The van der Waals surface area contributed by atoms with Gasteiger partial charge >= 0.3 is 5.97 Å². The number of carbonyl (C=O) groups excluding carboxylic acids is 1. The van der Waals surface area contributed by atoms with Gasteiger partial charge in [-0.05, 0) is 43.7 Å². The second-order valence-corrected chi connectivity index (χ2v) is 5.80. The van der Waals surface area contributed by atoms with Crippen molar-refractivity contribution in [3.8, 4) is 0 Å². The number of aryl methyl sites for hydroxylation is 1. The van der Waals surface area contributed by atoms with Crippen LogP contribution in [0.15, 0.2) is 43.1 Å². The number of rotatable bonds is 5. The van der Waals surface area contributed by atoms with Crippen LogP contribution in [0.3, 0.4) is 0 Å². The minimum Gasteiger partial charge on any atom is -0.461 e. The van der Waals surface area contributed by atoms with Crippen molar-refractivity contribution < 1.29 is 9.53 Å². The molecule has 2 aromatic rings. The maximum absolute atomic E-state index is 11.9. The van der Waals surface area contributed by atoms with E-state index in [1.54, 1.807) is 13.1 Å². The van der Waals surface area contributed by atoms with Crippen LogP contribution in [-0.4, -0.2) is 27.6 Å². The van der Waals surface area contributed by atoms with Crippen LogP contribution < -0.4 is 0 Å². The molecule has 5 nitrogen and oxygen atoms in total. The Kier molecular flexibility index (Phi) is 4.28.